The molecule has 2 heteroatoms. The van der Waals surface area contributed by atoms with Gasteiger partial charge in [-0.25, -0.2) is 0 Å². The van der Waals surface area contributed by atoms with Gasteiger partial charge >= 0.3 is 0 Å². The molecule has 0 saturated heterocycles. The Morgan fingerprint density at radius 2 is 1.89 bits per heavy atom. The number of benzene rings is 1. The fraction of sp³-hybridized carbons (Fsp3) is 0.625. The quantitative estimate of drug-likeness (QED) is 0.880. The summed E-state index contributed by atoms with van der Waals surface area (Å²) in [6, 6.07) is 8.41. The van der Waals surface area contributed by atoms with Crippen LogP contribution < -0.4 is 10.1 Å². The smallest absolute Gasteiger partial charge is 0.123 e. The second-order valence-electron chi connectivity index (χ2n) is 5.71. The Labute approximate surface area is 110 Å². The van der Waals surface area contributed by atoms with Gasteiger partial charge in [0.1, 0.15) is 11.9 Å². The van der Waals surface area contributed by atoms with Crippen molar-refractivity contribution in [3.63, 3.8) is 0 Å². The molecule has 0 aromatic heterocycles. The molecule has 2 nitrogen and oxygen atoms in total. The average molecular weight is 245 g/mol. The van der Waals surface area contributed by atoms with E-state index in [4.69, 9.17) is 4.74 Å². The summed E-state index contributed by atoms with van der Waals surface area (Å²) in [5.41, 5.74) is 1.36. The highest BCUT2D eigenvalue weighted by atomic mass is 16.5. The summed E-state index contributed by atoms with van der Waals surface area (Å²) < 4.78 is 5.93. The van der Waals surface area contributed by atoms with Gasteiger partial charge in [-0.3, -0.25) is 0 Å². The summed E-state index contributed by atoms with van der Waals surface area (Å²) in [6.07, 6.45) is 8.53. The molecule has 1 saturated carbocycles. The topological polar surface area (TPSA) is 21.3 Å². The Kier molecular flexibility index (Phi) is 3.84. The van der Waals surface area contributed by atoms with E-state index in [0.29, 0.717) is 6.10 Å². The van der Waals surface area contributed by atoms with E-state index in [0.717, 1.165) is 24.6 Å². The highest BCUT2D eigenvalue weighted by Gasteiger charge is 2.22. The number of hydrogen-bond acceptors (Lipinski definition) is 2. The molecule has 1 N–H and O–H groups in total. The van der Waals surface area contributed by atoms with Crippen LogP contribution in [0.1, 0.15) is 37.7 Å². The first-order chi connectivity index (χ1) is 8.92. The van der Waals surface area contributed by atoms with Gasteiger partial charge in [0, 0.05) is 13.0 Å². The summed E-state index contributed by atoms with van der Waals surface area (Å²) in [5.74, 6) is 1.99. The largest absolute Gasteiger partial charge is 0.488 e. The summed E-state index contributed by atoms with van der Waals surface area (Å²) in [4.78, 5) is 0. The number of rotatable bonds is 4. The van der Waals surface area contributed by atoms with Gasteiger partial charge in [-0.2, -0.15) is 0 Å². The van der Waals surface area contributed by atoms with Crippen molar-refractivity contribution >= 4 is 0 Å². The normalized spacial score (nSPS) is 23.7. The van der Waals surface area contributed by atoms with Crippen molar-refractivity contribution in [1.82, 2.24) is 5.32 Å². The zero-order valence-corrected chi connectivity index (χ0v) is 11.0. The van der Waals surface area contributed by atoms with Crippen molar-refractivity contribution in [1.29, 1.82) is 0 Å². The molecule has 98 valence electrons. The minimum absolute atomic E-state index is 0.339. The third-order valence-corrected chi connectivity index (χ3v) is 4.24. The summed E-state index contributed by atoms with van der Waals surface area (Å²) in [5, 5.41) is 3.61. The minimum Gasteiger partial charge on any atom is -0.488 e. The maximum absolute atomic E-state index is 5.93. The van der Waals surface area contributed by atoms with Gasteiger partial charge < -0.3 is 10.1 Å². The lowest BCUT2D eigenvalue weighted by molar-refractivity contribution is 0.221. The van der Waals surface area contributed by atoms with Crippen LogP contribution in [0.5, 0.6) is 5.75 Å². The van der Waals surface area contributed by atoms with Crippen LogP contribution in [-0.2, 0) is 6.42 Å². The molecule has 1 aromatic rings. The molecular formula is C16H23NO. The summed E-state index contributed by atoms with van der Waals surface area (Å²) in [7, 11) is 0. The molecule has 2 aliphatic rings. The van der Waals surface area contributed by atoms with Crippen LogP contribution in [0.2, 0.25) is 0 Å². The Morgan fingerprint density at radius 1 is 1.06 bits per heavy atom. The van der Waals surface area contributed by atoms with Crippen LogP contribution in [0, 0.1) is 5.92 Å². The lowest BCUT2D eigenvalue weighted by Gasteiger charge is -2.22. The molecule has 1 heterocycles. The number of hydrogen-bond donors (Lipinski definition) is 1. The van der Waals surface area contributed by atoms with Crippen molar-refractivity contribution in [3.8, 4) is 5.75 Å². The minimum atomic E-state index is 0.339. The predicted molar refractivity (Wildman–Crippen MR) is 74.0 cm³/mol. The lowest BCUT2D eigenvalue weighted by atomic mass is 9.89. The molecule has 1 aromatic carbocycles. The molecule has 3 rings (SSSR count). The number of ether oxygens (including phenoxy) is 1. The molecule has 1 aliphatic heterocycles. The number of fused-ring (bicyclic) bond motifs is 1. The van der Waals surface area contributed by atoms with Gasteiger partial charge in [0.2, 0.25) is 0 Å². The van der Waals surface area contributed by atoms with Crippen LogP contribution in [0.4, 0.5) is 0 Å². The molecule has 1 fully saturated rings. The van der Waals surface area contributed by atoms with Gasteiger partial charge in [0.15, 0.2) is 0 Å². The predicted octanol–water partition coefficient (Wildman–Crippen LogP) is 3.16. The molecule has 1 atom stereocenters. The van der Waals surface area contributed by atoms with Gasteiger partial charge in [0.05, 0.1) is 0 Å². The Morgan fingerprint density at radius 3 is 2.72 bits per heavy atom. The van der Waals surface area contributed by atoms with Crippen molar-refractivity contribution in [2.24, 2.45) is 5.92 Å². The van der Waals surface area contributed by atoms with Crippen LogP contribution in [0.3, 0.4) is 0 Å². The molecule has 0 spiro atoms. The molecule has 1 unspecified atom stereocenters. The Bertz CT molecular complexity index is 359. The number of para-hydroxylation sites is 1. The fourth-order valence-corrected chi connectivity index (χ4v) is 3.21. The Hall–Kier alpha value is -1.02. The van der Waals surface area contributed by atoms with Crippen LogP contribution in [0.25, 0.3) is 0 Å². The second-order valence-corrected chi connectivity index (χ2v) is 5.71. The molecule has 0 radical (unpaired) electrons. The van der Waals surface area contributed by atoms with Crippen molar-refractivity contribution in [2.45, 2.75) is 44.6 Å². The van der Waals surface area contributed by atoms with E-state index in [1.165, 1.54) is 44.2 Å². The second kappa shape index (κ2) is 5.75. The van der Waals surface area contributed by atoms with E-state index in [9.17, 15) is 0 Å². The zero-order chi connectivity index (χ0) is 12.2. The van der Waals surface area contributed by atoms with Crippen molar-refractivity contribution in [3.05, 3.63) is 29.8 Å². The maximum atomic E-state index is 5.93. The molecule has 0 amide bonds. The van der Waals surface area contributed by atoms with Crippen molar-refractivity contribution in [2.75, 3.05) is 13.1 Å². The monoisotopic (exact) mass is 245 g/mol. The SMILES string of the molecule is c1ccc2c(c1)CC(CNCC1CCCCC1)O2. The van der Waals surface area contributed by atoms with E-state index in [2.05, 4.69) is 29.6 Å². The van der Waals surface area contributed by atoms with Crippen LogP contribution in [0.15, 0.2) is 24.3 Å². The van der Waals surface area contributed by atoms with Crippen LogP contribution in [-0.4, -0.2) is 19.2 Å². The molecular weight excluding hydrogens is 222 g/mol. The zero-order valence-electron chi connectivity index (χ0n) is 11.0. The summed E-state index contributed by atoms with van der Waals surface area (Å²) >= 11 is 0. The molecule has 18 heavy (non-hydrogen) atoms. The number of nitrogens with one attached hydrogen (secondary N) is 1. The van der Waals surface area contributed by atoms with Gasteiger partial charge in [0.25, 0.3) is 0 Å². The van der Waals surface area contributed by atoms with Crippen LogP contribution >= 0.6 is 0 Å². The highest BCUT2D eigenvalue weighted by molar-refractivity contribution is 5.37. The van der Waals surface area contributed by atoms with Gasteiger partial charge in [-0.1, -0.05) is 37.5 Å². The van der Waals surface area contributed by atoms with E-state index in [1.54, 1.807) is 0 Å². The third-order valence-electron chi connectivity index (χ3n) is 4.24. The van der Waals surface area contributed by atoms with E-state index >= 15 is 0 Å². The first-order valence-electron chi connectivity index (χ1n) is 7.37. The van der Waals surface area contributed by atoms with Gasteiger partial charge in [-0.05, 0) is 36.9 Å². The lowest BCUT2D eigenvalue weighted by Crippen LogP contribution is -2.33. The van der Waals surface area contributed by atoms with E-state index < -0.39 is 0 Å². The Balaban J connectivity index is 1.40. The first kappa shape index (κ1) is 12.0. The summed E-state index contributed by atoms with van der Waals surface area (Å²) in [6.45, 7) is 2.17. The third kappa shape index (κ3) is 2.86. The molecule has 1 aliphatic carbocycles. The maximum Gasteiger partial charge on any atom is 0.123 e. The first-order valence-corrected chi connectivity index (χ1v) is 7.37. The molecule has 0 bridgehead atoms. The van der Waals surface area contributed by atoms with Crippen molar-refractivity contribution < 1.29 is 4.74 Å². The highest BCUT2D eigenvalue weighted by Crippen LogP contribution is 2.28. The standard InChI is InChI=1S/C16H23NO/c1-2-6-13(7-3-1)11-17-12-15-10-14-8-4-5-9-16(14)18-15/h4-5,8-9,13,15,17H,1-3,6-7,10-12H2. The average Bonchev–Trinajstić information content (AvgIpc) is 2.82. The van der Waals surface area contributed by atoms with E-state index in [-0.39, 0.29) is 0 Å². The van der Waals surface area contributed by atoms with E-state index in [1.807, 2.05) is 0 Å². The van der Waals surface area contributed by atoms with Gasteiger partial charge in [-0.15, -0.1) is 0 Å². The fourth-order valence-electron chi connectivity index (χ4n) is 3.21.